The van der Waals surface area contributed by atoms with Gasteiger partial charge in [0.15, 0.2) is 0 Å². The first kappa shape index (κ1) is 14.4. The van der Waals surface area contributed by atoms with E-state index in [0.29, 0.717) is 19.6 Å². The number of ether oxygens (including phenoxy) is 1. The number of hydrazine groups is 1. The second kappa shape index (κ2) is 6.95. The Balaban J connectivity index is 2.42. The van der Waals surface area contributed by atoms with Crippen LogP contribution in [-0.4, -0.2) is 48.4 Å². The molecule has 1 fully saturated rings. The maximum Gasteiger partial charge on any atom is 0.323 e. The molecule has 1 rings (SSSR count). The molecule has 0 aromatic rings. The minimum Gasteiger partial charge on any atom is -0.465 e. The molecule has 2 N–H and O–H groups in total. The zero-order chi connectivity index (χ0) is 13.5. The van der Waals surface area contributed by atoms with Gasteiger partial charge >= 0.3 is 5.97 Å². The lowest BCUT2D eigenvalue weighted by molar-refractivity contribution is -0.148. The second-order valence-corrected chi connectivity index (χ2v) is 4.11. The fourth-order valence-electron chi connectivity index (χ4n) is 1.90. The van der Waals surface area contributed by atoms with E-state index in [9.17, 15) is 14.4 Å². The van der Waals surface area contributed by atoms with Gasteiger partial charge in [0.2, 0.25) is 5.91 Å². The summed E-state index contributed by atoms with van der Waals surface area (Å²) in [6.07, 6.45) is 1.56. The molecule has 102 valence electrons. The third-order valence-corrected chi connectivity index (χ3v) is 2.65. The van der Waals surface area contributed by atoms with Crippen LogP contribution in [-0.2, 0) is 19.1 Å². The predicted octanol–water partition coefficient (Wildman–Crippen LogP) is -0.819. The first-order valence-corrected chi connectivity index (χ1v) is 6.00. The molecule has 0 saturated carbocycles. The highest BCUT2D eigenvalue weighted by molar-refractivity contribution is 5.83. The molecule has 7 heteroatoms. The number of amides is 2. The third kappa shape index (κ3) is 4.33. The zero-order valence-electron chi connectivity index (χ0n) is 10.7. The van der Waals surface area contributed by atoms with Crippen molar-refractivity contribution in [2.45, 2.75) is 32.7 Å². The number of carbonyl (C=O) groups is 3. The molecule has 0 bridgehead atoms. The van der Waals surface area contributed by atoms with E-state index in [1.807, 2.05) is 0 Å². The highest BCUT2D eigenvalue weighted by Crippen LogP contribution is 2.17. The summed E-state index contributed by atoms with van der Waals surface area (Å²) >= 11 is 0. The number of likely N-dealkylation sites (tertiary alicyclic amines) is 1. The summed E-state index contributed by atoms with van der Waals surface area (Å²) < 4.78 is 4.95. The van der Waals surface area contributed by atoms with Crippen molar-refractivity contribution in [1.29, 1.82) is 0 Å². The molecule has 1 aliphatic heterocycles. The molecule has 0 aromatic carbocycles. The minimum atomic E-state index is -0.354. The van der Waals surface area contributed by atoms with Gasteiger partial charge in [-0.05, 0) is 26.3 Å². The molecule has 0 aliphatic carbocycles. The number of nitrogens with zero attached hydrogens (tertiary/aromatic N) is 1. The Hall–Kier alpha value is -1.63. The Labute approximate surface area is 106 Å². The lowest BCUT2D eigenvalue weighted by atomic mass is 10.2. The quantitative estimate of drug-likeness (QED) is 0.507. The number of carbonyl (C=O) groups excluding carboxylic acids is 3. The Bertz CT molecular complexity index is 332. The van der Waals surface area contributed by atoms with Gasteiger partial charge in [-0.1, -0.05) is 0 Å². The molecule has 1 aliphatic rings. The monoisotopic (exact) mass is 257 g/mol. The number of nitrogens with one attached hydrogen (secondary N) is 2. The number of esters is 1. The summed E-state index contributed by atoms with van der Waals surface area (Å²) in [4.78, 5) is 35.5. The molecule has 1 atom stereocenters. The van der Waals surface area contributed by atoms with Gasteiger partial charge < -0.3 is 4.74 Å². The van der Waals surface area contributed by atoms with Crippen molar-refractivity contribution in [3.05, 3.63) is 0 Å². The summed E-state index contributed by atoms with van der Waals surface area (Å²) in [5.41, 5.74) is 4.48. The number of hydrogen-bond donors (Lipinski definition) is 2. The van der Waals surface area contributed by atoms with Crippen LogP contribution in [0.2, 0.25) is 0 Å². The molecular formula is C11H19N3O4. The average Bonchev–Trinajstić information content (AvgIpc) is 2.75. The largest absolute Gasteiger partial charge is 0.465 e. The smallest absolute Gasteiger partial charge is 0.323 e. The summed E-state index contributed by atoms with van der Waals surface area (Å²) in [6, 6.07) is -0.354. The van der Waals surface area contributed by atoms with Crippen LogP contribution in [0.3, 0.4) is 0 Å². The van der Waals surface area contributed by atoms with Gasteiger partial charge in [0.25, 0.3) is 5.91 Å². The van der Waals surface area contributed by atoms with E-state index in [-0.39, 0.29) is 30.4 Å². The molecule has 0 radical (unpaired) electrons. The van der Waals surface area contributed by atoms with E-state index in [4.69, 9.17) is 4.74 Å². The van der Waals surface area contributed by atoms with Crippen molar-refractivity contribution in [3.63, 3.8) is 0 Å². The fraction of sp³-hybridized carbons (Fsp3) is 0.727. The van der Waals surface area contributed by atoms with Crippen LogP contribution in [0.4, 0.5) is 0 Å². The number of rotatable bonds is 4. The maximum absolute atomic E-state index is 11.6. The summed E-state index contributed by atoms with van der Waals surface area (Å²) in [6.45, 7) is 4.14. The van der Waals surface area contributed by atoms with Crippen LogP contribution in [0.5, 0.6) is 0 Å². The van der Waals surface area contributed by atoms with Crippen LogP contribution < -0.4 is 10.9 Å². The topological polar surface area (TPSA) is 87.7 Å². The van der Waals surface area contributed by atoms with Gasteiger partial charge in [0, 0.05) is 6.92 Å². The predicted molar refractivity (Wildman–Crippen MR) is 63.2 cm³/mol. The fourth-order valence-corrected chi connectivity index (χ4v) is 1.90. The molecule has 2 amide bonds. The van der Waals surface area contributed by atoms with Crippen molar-refractivity contribution in [2.24, 2.45) is 0 Å². The molecule has 1 saturated heterocycles. The van der Waals surface area contributed by atoms with E-state index >= 15 is 0 Å². The van der Waals surface area contributed by atoms with Crippen LogP contribution in [0.25, 0.3) is 0 Å². The molecule has 18 heavy (non-hydrogen) atoms. The molecule has 0 spiro atoms. The average molecular weight is 257 g/mol. The summed E-state index contributed by atoms with van der Waals surface area (Å²) in [7, 11) is 0. The first-order valence-electron chi connectivity index (χ1n) is 6.00. The van der Waals surface area contributed by atoms with Gasteiger partial charge in [-0.15, -0.1) is 0 Å². The van der Waals surface area contributed by atoms with Gasteiger partial charge in [-0.2, -0.15) is 0 Å². The van der Waals surface area contributed by atoms with Crippen LogP contribution in [0, 0.1) is 0 Å². The van der Waals surface area contributed by atoms with Gasteiger partial charge in [0.05, 0.1) is 13.2 Å². The van der Waals surface area contributed by atoms with Crippen molar-refractivity contribution >= 4 is 17.8 Å². The Morgan fingerprint density at radius 2 is 2.06 bits per heavy atom. The standard InChI is InChI=1S/C11H19N3O4/c1-3-18-11(17)9-5-4-6-14(9)7-10(16)13-12-8(2)15/h9H,3-7H2,1-2H3,(H,12,15)(H,13,16). The normalized spacial score (nSPS) is 19.3. The van der Waals surface area contributed by atoms with Crippen LogP contribution >= 0.6 is 0 Å². The zero-order valence-corrected chi connectivity index (χ0v) is 10.7. The van der Waals surface area contributed by atoms with E-state index in [2.05, 4.69) is 10.9 Å². The minimum absolute atomic E-state index is 0.0732. The van der Waals surface area contributed by atoms with Gasteiger partial charge in [-0.25, -0.2) is 0 Å². The molecule has 1 heterocycles. The second-order valence-electron chi connectivity index (χ2n) is 4.11. The van der Waals surface area contributed by atoms with Crippen molar-refractivity contribution in [2.75, 3.05) is 19.7 Å². The van der Waals surface area contributed by atoms with Crippen LogP contribution in [0.1, 0.15) is 26.7 Å². The Kier molecular flexibility index (Phi) is 5.57. The Morgan fingerprint density at radius 3 is 2.67 bits per heavy atom. The van der Waals surface area contributed by atoms with E-state index in [1.54, 1.807) is 11.8 Å². The molecule has 0 aromatic heterocycles. The summed E-state index contributed by atoms with van der Waals surface area (Å²) in [5, 5.41) is 0. The van der Waals surface area contributed by atoms with Gasteiger partial charge in [0.1, 0.15) is 6.04 Å². The van der Waals surface area contributed by atoms with E-state index < -0.39 is 0 Å². The molecule has 7 nitrogen and oxygen atoms in total. The first-order chi connectivity index (χ1) is 8.54. The maximum atomic E-state index is 11.6. The highest BCUT2D eigenvalue weighted by Gasteiger charge is 2.32. The number of hydrogen-bond acceptors (Lipinski definition) is 5. The molecule has 1 unspecified atom stereocenters. The van der Waals surface area contributed by atoms with Crippen molar-refractivity contribution < 1.29 is 19.1 Å². The lowest BCUT2D eigenvalue weighted by Crippen LogP contribution is -2.48. The van der Waals surface area contributed by atoms with Crippen LogP contribution in [0.15, 0.2) is 0 Å². The highest BCUT2D eigenvalue weighted by atomic mass is 16.5. The third-order valence-electron chi connectivity index (χ3n) is 2.65. The SMILES string of the molecule is CCOC(=O)C1CCCN1CC(=O)NNC(C)=O. The van der Waals surface area contributed by atoms with E-state index in [1.165, 1.54) is 6.92 Å². The van der Waals surface area contributed by atoms with Crippen molar-refractivity contribution in [3.8, 4) is 0 Å². The Morgan fingerprint density at radius 1 is 1.33 bits per heavy atom. The molecular weight excluding hydrogens is 238 g/mol. The van der Waals surface area contributed by atoms with E-state index in [0.717, 1.165) is 6.42 Å². The van der Waals surface area contributed by atoms with Crippen molar-refractivity contribution in [1.82, 2.24) is 15.8 Å². The summed E-state index contributed by atoms with van der Waals surface area (Å²) in [5.74, 6) is -0.976. The lowest BCUT2D eigenvalue weighted by Gasteiger charge is -2.21. The van der Waals surface area contributed by atoms with Gasteiger partial charge in [-0.3, -0.25) is 30.1 Å².